The fourth-order valence-electron chi connectivity index (χ4n) is 2.02. The van der Waals surface area contributed by atoms with Gasteiger partial charge in [-0.1, -0.05) is 39.8 Å². The van der Waals surface area contributed by atoms with Gasteiger partial charge in [0.25, 0.3) is 0 Å². The highest BCUT2D eigenvalue weighted by Crippen LogP contribution is 2.38. The van der Waals surface area contributed by atoms with Gasteiger partial charge < -0.3 is 15.3 Å². The number of aliphatic carboxylic acids is 1. The molecule has 0 bridgehead atoms. The number of rotatable bonds is 4. The molecule has 0 spiro atoms. The third-order valence-electron chi connectivity index (χ3n) is 3.03. The van der Waals surface area contributed by atoms with Crippen LogP contribution in [-0.4, -0.2) is 21.3 Å². The van der Waals surface area contributed by atoms with E-state index in [2.05, 4.69) is 0 Å². The summed E-state index contributed by atoms with van der Waals surface area (Å²) in [5, 5.41) is 28.9. The minimum atomic E-state index is -1.69. The van der Waals surface area contributed by atoms with Crippen LogP contribution in [0.3, 0.4) is 0 Å². The lowest BCUT2D eigenvalue weighted by Gasteiger charge is -2.20. The number of carbonyl (C=O) groups is 1. The van der Waals surface area contributed by atoms with E-state index < -0.39 is 12.1 Å². The molecule has 0 radical (unpaired) electrons. The van der Waals surface area contributed by atoms with Crippen molar-refractivity contribution >= 4 is 5.97 Å². The Morgan fingerprint density at radius 2 is 1.50 bits per heavy atom. The van der Waals surface area contributed by atoms with E-state index in [1.165, 1.54) is 0 Å². The van der Waals surface area contributed by atoms with E-state index in [1.54, 1.807) is 12.1 Å². The van der Waals surface area contributed by atoms with Crippen molar-refractivity contribution in [1.82, 2.24) is 0 Å². The molecule has 0 saturated carbocycles. The first-order valence-electron chi connectivity index (χ1n) is 6.03. The largest absolute Gasteiger partial charge is 0.507 e. The van der Waals surface area contributed by atoms with E-state index in [9.17, 15) is 15.0 Å². The second-order valence-corrected chi connectivity index (χ2v) is 5.06. The van der Waals surface area contributed by atoms with Gasteiger partial charge in [0.15, 0.2) is 6.10 Å². The molecule has 4 nitrogen and oxygen atoms in total. The fourth-order valence-corrected chi connectivity index (χ4v) is 2.02. The average molecular weight is 252 g/mol. The van der Waals surface area contributed by atoms with E-state index in [-0.39, 0.29) is 23.1 Å². The number of hydrogen-bond donors (Lipinski definition) is 3. The zero-order chi connectivity index (χ0) is 14.0. The highest BCUT2D eigenvalue weighted by Gasteiger charge is 2.26. The minimum Gasteiger partial charge on any atom is -0.507 e. The van der Waals surface area contributed by atoms with Crippen LogP contribution in [0.25, 0.3) is 0 Å². The summed E-state index contributed by atoms with van der Waals surface area (Å²) in [6.45, 7) is 7.59. The van der Waals surface area contributed by atoms with Crippen molar-refractivity contribution in [3.63, 3.8) is 0 Å². The monoisotopic (exact) mass is 252 g/mol. The molecule has 4 heteroatoms. The maximum atomic E-state index is 10.9. The summed E-state index contributed by atoms with van der Waals surface area (Å²) < 4.78 is 0. The Morgan fingerprint density at radius 1 is 1.06 bits per heavy atom. The molecule has 0 saturated heterocycles. The first kappa shape index (κ1) is 14.5. The molecule has 0 fully saturated rings. The summed E-state index contributed by atoms with van der Waals surface area (Å²) in [4.78, 5) is 10.9. The summed E-state index contributed by atoms with van der Waals surface area (Å²) in [7, 11) is 0. The number of phenols is 1. The van der Waals surface area contributed by atoms with Crippen LogP contribution in [0.2, 0.25) is 0 Å². The van der Waals surface area contributed by atoms with E-state index in [1.807, 2.05) is 27.7 Å². The van der Waals surface area contributed by atoms with Crippen LogP contribution in [0.15, 0.2) is 12.1 Å². The van der Waals surface area contributed by atoms with Crippen LogP contribution in [0.1, 0.15) is 62.3 Å². The molecule has 1 unspecified atom stereocenters. The maximum absolute atomic E-state index is 10.9. The van der Waals surface area contributed by atoms with Gasteiger partial charge in [-0.3, -0.25) is 0 Å². The van der Waals surface area contributed by atoms with Gasteiger partial charge >= 0.3 is 5.97 Å². The molecule has 100 valence electrons. The Bertz CT molecular complexity index is 449. The Kier molecular flexibility index (Phi) is 4.35. The predicted octanol–water partition coefficient (Wildman–Crippen LogP) is 2.76. The standard InChI is InChI=1S/C14H20O4/c1-7(2)9-5-6-10(8(3)4)12(15)11(9)13(16)14(17)18/h5-8,13,15-16H,1-4H3,(H,17,18). The summed E-state index contributed by atoms with van der Waals surface area (Å²) >= 11 is 0. The molecule has 18 heavy (non-hydrogen) atoms. The minimum absolute atomic E-state index is 0.0288. The van der Waals surface area contributed by atoms with Crippen LogP contribution >= 0.6 is 0 Å². The molecule has 0 aliphatic carbocycles. The van der Waals surface area contributed by atoms with E-state index in [4.69, 9.17) is 5.11 Å². The number of phenolic OH excluding ortho intramolecular Hbond substituents is 1. The van der Waals surface area contributed by atoms with Gasteiger partial charge in [-0.05, 0) is 23.0 Å². The summed E-state index contributed by atoms with van der Waals surface area (Å²) in [5.41, 5.74) is 1.42. The van der Waals surface area contributed by atoms with Crippen LogP contribution in [0, 0.1) is 0 Å². The zero-order valence-electron chi connectivity index (χ0n) is 11.1. The van der Waals surface area contributed by atoms with Crippen LogP contribution in [0.4, 0.5) is 0 Å². The molecular formula is C14H20O4. The smallest absolute Gasteiger partial charge is 0.337 e. The van der Waals surface area contributed by atoms with Crippen molar-refractivity contribution in [2.45, 2.75) is 45.6 Å². The van der Waals surface area contributed by atoms with Crippen LogP contribution < -0.4 is 0 Å². The third-order valence-corrected chi connectivity index (χ3v) is 3.03. The lowest BCUT2D eigenvalue weighted by Crippen LogP contribution is -2.14. The molecule has 0 aliphatic rings. The van der Waals surface area contributed by atoms with Gasteiger partial charge in [0.2, 0.25) is 0 Å². The van der Waals surface area contributed by atoms with Gasteiger partial charge in [-0.25, -0.2) is 4.79 Å². The van der Waals surface area contributed by atoms with Crippen molar-refractivity contribution < 1.29 is 20.1 Å². The molecule has 1 rings (SSSR count). The Morgan fingerprint density at radius 3 is 1.89 bits per heavy atom. The van der Waals surface area contributed by atoms with Crippen molar-refractivity contribution in [3.8, 4) is 5.75 Å². The molecule has 0 aromatic heterocycles. The number of aromatic hydroxyl groups is 1. The topological polar surface area (TPSA) is 77.8 Å². The first-order chi connectivity index (χ1) is 8.27. The van der Waals surface area contributed by atoms with Crippen molar-refractivity contribution in [2.24, 2.45) is 0 Å². The molecule has 0 aliphatic heterocycles. The highest BCUT2D eigenvalue weighted by molar-refractivity contribution is 5.76. The number of carboxylic acid groups (broad SMARTS) is 1. The molecular weight excluding hydrogens is 232 g/mol. The van der Waals surface area contributed by atoms with Crippen LogP contribution in [-0.2, 0) is 4.79 Å². The summed E-state index contributed by atoms with van der Waals surface area (Å²) in [6.07, 6.45) is -1.69. The normalized spacial score (nSPS) is 13.1. The molecule has 1 aromatic carbocycles. The fraction of sp³-hybridized carbons (Fsp3) is 0.500. The number of hydrogen-bond acceptors (Lipinski definition) is 3. The summed E-state index contributed by atoms with van der Waals surface area (Å²) in [6, 6.07) is 3.56. The van der Waals surface area contributed by atoms with Crippen molar-refractivity contribution in [2.75, 3.05) is 0 Å². The quantitative estimate of drug-likeness (QED) is 0.770. The van der Waals surface area contributed by atoms with Crippen molar-refractivity contribution in [3.05, 3.63) is 28.8 Å². The van der Waals surface area contributed by atoms with Gasteiger partial charge in [0.05, 0.1) is 0 Å². The highest BCUT2D eigenvalue weighted by atomic mass is 16.4. The Hall–Kier alpha value is -1.55. The SMILES string of the molecule is CC(C)c1ccc(C(C)C)c(C(O)C(=O)O)c1O. The maximum Gasteiger partial charge on any atom is 0.337 e. The molecule has 0 amide bonds. The summed E-state index contributed by atoms with van der Waals surface area (Å²) in [5.74, 6) is -1.37. The van der Waals surface area contributed by atoms with Gasteiger partial charge in [0, 0.05) is 5.56 Å². The van der Waals surface area contributed by atoms with Crippen molar-refractivity contribution in [1.29, 1.82) is 0 Å². The second-order valence-electron chi connectivity index (χ2n) is 5.06. The molecule has 1 aromatic rings. The van der Waals surface area contributed by atoms with Gasteiger partial charge in [-0.2, -0.15) is 0 Å². The molecule has 3 N–H and O–H groups in total. The van der Waals surface area contributed by atoms with E-state index in [0.717, 1.165) is 0 Å². The van der Waals surface area contributed by atoms with Gasteiger partial charge in [0.1, 0.15) is 5.75 Å². The third kappa shape index (κ3) is 2.64. The molecule has 0 heterocycles. The number of benzene rings is 1. The van der Waals surface area contributed by atoms with E-state index in [0.29, 0.717) is 11.1 Å². The Labute approximate surface area is 107 Å². The van der Waals surface area contributed by atoms with E-state index >= 15 is 0 Å². The first-order valence-corrected chi connectivity index (χ1v) is 6.03. The predicted molar refractivity (Wildman–Crippen MR) is 68.9 cm³/mol. The number of aliphatic hydroxyl groups is 1. The lowest BCUT2D eigenvalue weighted by atomic mass is 9.88. The Balaban J connectivity index is 3.50. The molecule has 1 atom stereocenters. The zero-order valence-corrected chi connectivity index (χ0v) is 11.1. The number of aliphatic hydroxyl groups excluding tert-OH is 1. The second kappa shape index (κ2) is 5.40. The lowest BCUT2D eigenvalue weighted by molar-refractivity contribution is -0.147. The average Bonchev–Trinajstić information content (AvgIpc) is 2.26. The van der Waals surface area contributed by atoms with Gasteiger partial charge in [-0.15, -0.1) is 0 Å². The van der Waals surface area contributed by atoms with Crippen LogP contribution in [0.5, 0.6) is 5.75 Å². The number of carboxylic acids is 1.